The lowest BCUT2D eigenvalue weighted by Crippen LogP contribution is -2.34. The molecule has 2 saturated heterocycles. The van der Waals surface area contributed by atoms with Crippen LogP contribution < -0.4 is 0 Å². The number of aliphatic hydroxyl groups excluding tert-OH is 1. The fraction of sp³-hybridized carbons (Fsp3) is 1.00. The van der Waals surface area contributed by atoms with Crippen LogP contribution >= 0.6 is 0 Å². The van der Waals surface area contributed by atoms with Crippen molar-refractivity contribution in [1.29, 1.82) is 0 Å². The smallest absolute Gasteiger partial charge is 0.187 e. The lowest BCUT2D eigenvalue weighted by Gasteiger charge is -2.23. The summed E-state index contributed by atoms with van der Waals surface area (Å²) in [5.41, 5.74) is -0.584. The van der Waals surface area contributed by atoms with E-state index in [1.165, 1.54) is 0 Å². The van der Waals surface area contributed by atoms with Crippen molar-refractivity contribution >= 4 is 0 Å². The van der Waals surface area contributed by atoms with Gasteiger partial charge in [0.1, 0.15) is 17.8 Å². The van der Waals surface area contributed by atoms with Crippen LogP contribution in [-0.4, -0.2) is 48.2 Å². The zero-order chi connectivity index (χ0) is 10.8. The minimum Gasteiger partial charge on any atom is -0.390 e. The van der Waals surface area contributed by atoms with Crippen LogP contribution in [0.2, 0.25) is 0 Å². The molecule has 5 heteroatoms. The predicted molar refractivity (Wildman–Crippen MR) is 49.1 cm³/mol. The fourth-order valence-electron chi connectivity index (χ4n) is 2.57. The first-order valence-corrected chi connectivity index (χ1v) is 5.23. The maximum absolute atomic E-state index is 9.63. The molecule has 3 aliphatic rings. The highest BCUT2D eigenvalue weighted by molar-refractivity contribution is 5.19. The van der Waals surface area contributed by atoms with Gasteiger partial charge in [0.25, 0.3) is 0 Å². The maximum atomic E-state index is 9.63. The highest BCUT2D eigenvalue weighted by atomic mass is 16.8. The Hall–Kier alpha value is -0.200. The standard InChI is InChI=1S/C10H16O5/c1-9(2)13-6-7(14-9)10(4-5(10)11)15-8(6)12-3/h5-8,11H,4H2,1-3H3/t5-,6?,7?,8?,10+/m1/s1. The first-order valence-electron chi connectivity index (χ1n) is 5.23. The Bertz CT molecular complexity index is 292. The summed E-state index contributed by atoms with van der Waals surface area (Å²) in [4.78, 5) is 0. The van der Waals surface area contributed by atoms with Crippen molar-refractivity contribution in [2.45, 2.75) is 56.3 Å². The Morgan fingerprint density at radius 1 is 1.27 bits per heavy atom. The highest BCUT2D eigenvalue weighted by Crippen LogP contribution is 2.56. The van der Waals surface area contributed by atoms with E-state index in [1.54, 1.807) is 7.11 Å². The molecule has 3 unspecified atom stereocenters. The summed E-state index contributed by atoms with van der Waals surface area (Å²) in [7, 11) is 1.57. The lowest BCUT2D eigenvalue weighted by atomic mass is 10.1. The molecule has 3 rings (SSSR count). The summed E-state index contributed by atoms with van der Waals surface area (Å²) in [5, 5.41) is 9.63. The van der Waals surface area contributed by atoms with Crippen molar-refractivity contribution < 1.29 is 24.1 Å². The van der Waals surface area contributed by atoms with Gasteiger partial charge in [-0.05, 0) is 13.8 Å². The molecule has 0 bridgehead atoms. The monoisotopic (exact) mass is 216 g/mol. The molecule has 1 N–H and O–H groups in total. The summed E-state index contributed by atoms with van der Waals surface area (Å²) < 4.78 is 22.3. The third-order valence-electron chi connectivity index (χ3n) is 3.36. The molecule has 1 spiro atoms. The summed E-state index contributed by atoms with van der Waals surface area (Å²) in [6.45, 7) is 3.72. The van der Waals surface area contributed by atoms with Crippen molar-refractivity contribution in [2.24, 2.45) is 0 Å². The molecule has 0 amide bonds. The van der Waals surface area contributed by atoms with Crippen LogP contribution in [0.3, 0.4) is 0 Å². The van der Waals surface area contributed by atoms with E-state index in [4.69, 9.17) is 18.9 Å². The molecule has 0 radical (unpaired) electrons. The topological polar surface area (TPSA) is 57.2 Å². The molecule has 86 valence electrons. The van der Waals surface area contributed by atoms with Gasteiger partial charge in [-0.15, -0.1) is 0 Å². The molecular weight excluding hydrogens is 200 g/mol. The Kier molecular flexibility index (Phi) is 1.81. The summed E-state index contributed by atoms with van der Waals surface area (Å²) in [6, 6.07) is 0. The summed E-state index contributed by atoms with van der Waals surface area (Å²) in [6.07, 6.45) is -0.737. The van der Waals surface area contributed by atoms with Crippen LogP contribution in [0.25, 0.3) is 0 Å². The lowest BCUT2D eigenvalue weighted by molar-refractivity contribution is -0.236. The van der Waals surface area contributed by atoms with Crippen molar-refractivity contribution in [3.05, 3.63) is 0 Å². The van der Waals surface area contributed by atoms with E-state index in [9.17, 15) is 5.11 Å². The molecular formula is C10H16O5. The fourth-order valence-corrected chi connectivity index (χ4v) is 2.57. The highest BCUT2D eigenvalue weighted by Gasteiger charge is 2.73. The Balaban J connectivity index is 1.88. The van der Waals surface area contributed by atoms with E-state index < -0.39 is 23.8 Å². The SMILES string of the molecule is COC1O[C@]2(C[C@H]2O)C2OC(C)(C)OC12. The van der Waals surface area contributed by atoms with Crippen LogP contribution in [0.5, 0.6) is 0 Å². The van der Waals surface area contributed by atoms with Gasteiger partial charge in [0.15, 0.2) is 12.1 Å². The first-order chi connectivity index (χ1) is 6.98. The van der Waals surface area contributed by atoms with Gasteiger partial charge < -0.3 is 24.1 Å². The Labute approximate surface area is 88.3 Å². The van der Waals surface area contributed by atoms with E-state index >= 15 is 0 Å². The van der Waals surface area contributed by atoms with Gasteiger partial charge in [0.2, 0.25) is 0 Å². The predicted octanol–water partition coefficient (Wildman–Crippen LogP) is 0.0126. The van der Waals surface area contributed by atoms with Crippen LogP contribution in [0.4, 0.5) is 0 Å². The van der Waals surface area contributed by atoms with Gasteiger partial charge in [0.05, 0.1) is 6.10 Å². The number of methoxy groups -OCH3 is 1. The van der Waals surface area contributed by atoms with Crippen molar-refractivity contribution in [2.75, 3.05) is 7.11 Å². The molecule has 0 aromatic carbocycles. The molecule has 15 heavy (non-hydrogen) atoms. The Morgan fingerprint density at radius 3 is 2.47 bits per heavy atom. The van der Waals surface area contributed by atoms with Crippen LogP contribution in [0, 0.1) is 0 Å². The second-order valence-corrected chi connectivity index (χ2v) is 4.92. The zero-order valence-corrected chi connectivity index (χ0v) is 9.10. The van der Waals surface area contributed by atoms with E-state index in [1.807, 2.05) is 13.8 Å². The van der Waals surface area contributed by atoms with Gasteiger partial charge in [0, 0.05) is 13.5 Å². The molecule has 1 saturated carbocycles. The van der Waals surface area contributed by atoms with Gasteiger partial charge >= 0.3 is 0 Å². The van der Waals surface area contributed by atoms with Crippen LogP contribution in [0.15, 0.2) is 0 Å². The largest absolute Gasteiger partial charge is 0.390 e. The van der Waals surface area contributed by atoms with Crippen molar-refractivity contribution in [3.63, 3.8) is 0 Å². The number of hydrogen-bond donors (Lipinski definition) is 1. The molecule has 1 aliphatic carbocycles. The third-order valence-corrected chi connectivity index (χ3v) is 3.36. The second kappa shape index (κ2) is 2.73. The maximum Gasteiger partial charge on any atom is 0.187 e. The van der Waals surface area contributed by atoms with Gasteiger partial charge in [-0.3, -0.25) is 0 Å². The molecule has 2 heterocycles. The summed E-state index contributed by atoms with van der Waals surface area (Å²) >= 11 is 0. The second-order valence-electron chi connectivity index (χ2n) is 4.92. The number of fused-ring (bicyclic) bond motifs is 2. The average Bonchev–Trinajstić information content (AvgIpc) is 2.53. The number of aliphatic hydroxyl groups is 1. The van der Waals surface area contributed by atoms with Crippen molar-refractivity contribution in [1.82, 2.24) is 0 Å². The first kappa shape index (κ1) is 9.99. The molecule has 5 atom stereocenters. The molecule has 0 aromatic rings. The van der Waals surface area contributed by atoms with E-state index in [-0.39, 0.29) is 12.2 Å². The normalized spacial score (nSPS) is 56.0. The van der Waals surface area contributed by atoms with E-state index in [0.29, 0.717) is 6.42 Å². The van der Waals surface area contributed by atoms with Gasteiger partial charge in [-0.1, -0.05) is 0 Å². The van der Waals surface area contributed by atoms with Gasteiger partial charge in [-0.25, -0.2) is 0 Å². The number of rotatable bonds is 1. The Morgan fingerprint density at radius 2 is 1.93 bits per heavy atom. The van der Waals surface area contributed by atoms with Crippen molar-refractivity contribution in [3.8, 4) is 0 Å². The van der Waals surface area contributed by atoms with Crippen LogP contribution in [0.1, 0.15) is 20.3 Å². The van der Waals surface area contributed by atoms with E-state index in [2.05, 4.69) is 0 Å². The minimum absolute atomic E-state index is 0.215. The minimum atomic E-state index is -0.620. The summed E-state index contributed by atoms with van der Waals surface area (Å²) in [5.74, 6) is -0.620. The molecule has 2 aliphatic heterocycles. The quantitative estimate of drug-likeness (QED) is 0.669. The molecule has 5 nitrogen and oxygen atoms in total. The van der Waals surface area contributed by atoms with E-state index in [0.717, 1.165) is 0 Å². The van der Waals surface area contributed by atoms with Crippen LogP contribution in [-0.2, 0) is 18.9 Å². The molecule has 0 aromatic heterocycles. The molecule has 3 fully saturated rings. The third kappa shape index (κ3) is 1.21. The average molecular weight is 216 g/mol. The number of ether oxygens (including phenoxy) is 4. The zero-order valence-electron chi connectivity index (χ0n) is 9.10. The van der Waals surface area contributed by atoms with Gasteiger partial charge in [-0.2, -0.15) is 0 Å². The number of hydrogen-bond acceptors (Lipinski definition) is 5.